The highest BCUT2D eigenvalue weighted by Gasteiger charge is 2.11. The molecule has 0 amide bonds. The molecule has 1 heterocycles. The summed E-state index contributed by atoms with van der Waals surface area (Å²) in [5.74, 6) is 1.64. The van der Waals surface area contributed by atoms with Gasteiger partial charge in [0, 0.05) is 12.1 Å². The molecule has 0 spiro atoms. The van der Waals surface area contributed by atoms with Gasteiger partial charge in [0.15, 0.2) is 0 Å². The monoisotopic (exact) mass is 420 g/mol. The first-order chi connectivity index (χ1) is 15.0. The second-order valence-corrected chi connectivity index (χ2v) is 6.60. The SMILES string of the molecule is COc1cccc(Oc2coc3cc(OCc4ccc(N([O-])O)cc4)ccc3c2=O)c1. The molecule has 3 aromatic carbocycles. The highest BCUT2D eigenvalue weighted by atomic mass is 16.8. The van der Waals surface area contributed by atoms with E-state index in [2.05, 4.69) is 0 Å². The van der Waals surface area contributed by atoms with Crippen LogP contribution < -0.4 is 24.9 Å². The van der Waals surface area contributed by atoms with Crippen LogP contribution in [-0.4, -0.2) is 12.3 Å². The first kappa shape index (κ1) is 20.3. The van der Waals surface area contributed by atoms with Gasteiger partial charge in [-0.3, -0.25) is 10.0 Å². The number of rotatable bonds is 7. The zero-order chi connectivity index (χ0) is 21.8. The topological polar surface area (TPSA) is 104 Å². The van der Waals surface area contributed by atoms with Crippen LogP contribution in [0.3, 0.4) is 0 Å². The third-order valence-electron chi connectivity index (χ3n) is 4.55. The third-order valence-corrected chi connectivity index (χ3v) is 4.55. The predicted octanol–water partition coefficient (Wildman–Crippen LogP) is 4.87. The van der Waals surface area contributed by atoms with Gasteiger partial charge in [0.25, 0.3) is 0 Å². The van der Waals surface area contributed by atoms with E-state index in [0.29, 0.717) is 28.2 Å². The van der Waals surface area contributed by atoms with Gasteiger partial charge >= 0.3 is 0 Å². The maximum absolute atomic E-state index is 12.8. The van der Waals surface area contributed by atoms with Gasteiger partial charge < -0.3 is 29.1 Å². The predicted molar refractivity (Wildman–Crippen MR) is 114 cm³/mol. The van der Waals surface area contributed by atoms with Gasteiger partial charge in [0.05, 0.1) is 18.2 Å². The van der Waals surface area contributed by atoms with E-state index >= 15 is 0 Å². The van der Waals surface area contributed by atoms with Gasteiger partial charge in [-0.05, 0) is 42.0 Å². The lowest BCUT2D eigenvalue weighted by molar-refractivity contribution is 0.295. The number of fused-ring (bicyclic) bond motifs is 1. The fraction of sp³-hybridized carbons (Fsp3) is 0.0870. The molecule has 0 radical (unpaired) electrons. The maximum atomic E-state index is 12.8. The number of hydrogen-bond donors (Lipinski definition) is 1. The van der Waals surface area contributed by atoms with Crippen LogP contribution in [-0.2, 0) is 6.61 Å². The molecule has 0 fully saturated rings. The first-order valence-electron chi connectivity index (χ1n) is 9.29. The van der Waals surface area contributed by atoms with Gasteiger partial charge in [-0.15, -0.1) is 0 Å². The summed E-state index contributed by atoms with van der Waals surface area (Å²) in [5.41, 5.74) is 0.980. The van der Waals surface area contributed by atoms with Crippen molar-refractivity contribution in [1.29, 1.82) is 0 Å². The summed E-state index contributed by atoms with van der Waals surface area (Å²) in [4.78, 5) is 12.8. The Morgan fingerprint density at radius 2 is 1.77 bits per heavy atom. The lowest BCUT2D eigenvalue weighted by atomic mass is 10.2. The Hall–Kier alpha value is -4.01. The number of hydrogen-bond acceptors (Lipinski definition) is 8. The minimum Gasteiger partial charge on any atom is -0.733 e. The summed E-state index contributed by atoms with van der Waals surface area (Å²) >= 11 is 0. The molecule has 0 saturated carbocycles. The Bertz CT molecular complexity index is 1250. The molecular formula is C23H18NO7-. The third kappa shape index (κ3) is 4.61. The van der Waals surface area contributed by atoms with Crippen LogP contribution in [0.25, 0.3) is 11.0 Å². The molecule has 0 aliphatic carbocycles. The minimum absolute atomic E-state index is 0.0609. The molecule has 8 heteroatoms. The van der Waals surface area contributed by atoms with Crippen LogP contribution in [0.2, 0.25) is 0 Å². The summed E-state index contributed by atoms with van der Waals surface area (Å²) in [6, 6.07) is 18.1. The van der Waals surface area contributed by atoms with Crippen molar-refractivity contribution in [3.63, 3.8) is 0 Å². The van der Waals surface area contributed by atoms with E-state index in [9.17, 15) is 10.0 Å². The Labute approximate surface area is 177 Å². The first-order valence-corrected chi connectivity index (χ1v) is 9.29. The maximum Gasteiger partial charge on any atom is 0.235 e. The van der Waals surface area contributed by atoms with Crippen molar-refractivity contribution in [2.75, 3.05) is 12.3 Å². The van der Waals surface area contributed by atoms with Crippen molar-refractivity contribution in [1.82, 2.24) is 0 Å². The van der Waals surface area contributed by atoms with Gasteiger partial charge in [0.2, 0.25) is 11.2 Å². The van der Waals surface area contributed by atoms with E-state index in [1.807, 2.05) is 0 Å². The molecule has 1 N–H and O–H groups in total. The molecule has 0 aliphatic heterocycles. The van der Waals surface area contributed by atoms with E-state index < -0.39 is 0 Å². The summed E-state index contributed by atoms with van der Waals surface area (Å²) in [6.45, 7) is 0.233. The second kappa shape index (κ2) is 8.78. The van der Waals surface area contributed by atoms with Crippen LogP contribution in [0.1, 0.15) is 5.56 Å². The molecule has 0 aliphatic rings. The van der Waals surface area contributed by atoms with Crippen molar-refractivity contribution in [2.24, 2.45) is 0 Å². The normalized spacial score (nSPS) is 10.7. The Morgan fingerprint density at radius 3 is 2.52 bits per heavy atom. The van der Waals surface area contributed by atoms with Crippen molar-refractivity contribution < 1.29 is 23.8 Å². The van der Waals surface area contributed by atoms with Crippen molar-refractivity contribution in [3.05, 3.63) is 94.0 Å². The molecule has 0 atom stereocenters. The Balaban J connectivity index is 1.50. The molecule has 4 rings (SSSR count). The van der Waals surface area contributed by atoms with Gasteiger partial charge in [-0.1, -0.05) is 18.2 Å². The van der Waals surface area contributed by atoms with Crippen LogP contribution in [0.5, 0.6) is 23.0 Å². The molecule has 0 saturated heterocycles. The fourth-order valence-electron chi connectivity index (χ4n) is 2.93. The molecule has 0 unspecified atom stereocenters. The summed E-state index contributed by atoms with van der Waals surface area (Å²) < 4.78 is 22.1. The Morgan fingerprint density at radius 1 is 1.00 bits per heavy atom. The zero-order valence-electron chi connectivity index (χ0n) is 16.5. The van der Waals surface area contributed by atoms with Crippen LogP contribution in [0, 0.1) is 5.21 Å². The summed E-state index contributed by atoms with van der Waals surface area (Å²) in [6.07, 6.45) is 1.26. The smallest absolute Gasteiger partial charge is 0.235 e. The average Bonchev–Trinajstić information content (AvgIpc) is 2.80. The standard InChI is InChI=1S/C23H18NO7/c1-28-17-3-2-4-19(11-17)31-22-14-30-21-12-18(9-10-20(21)23(22)25)29-13-15-5-7-16(8-6-15)24(26)27/h2-12,14,26H,13H2,1H3/q-1. The summed E-state index contributed by atoms with van der Waals surface area (Å²) in [7, 11) is 1.55. The zero-order valence-corrected chi connectivity index (χ0v) is 16.5. The van der Waals surface area contributed by atoms with E-state index in [0.717, 1.165) is 5.56 Å². The molecular weight excluding hydrogens is 402 g/mol. The lowest BCUT2D eigenvalue weighted by Crippen LogP contribution is -2.07. The number of ether oxygens (including phenoxy) is 3. The molecule has 0 bridgehead atoms. The van der Waals surface area contributed by atoms with E-state index in [4.69, 9.17) is 23.8 Å². The van der Waals surface area contributed by atoms with Crippen LogP contribution in [0.15, 0.2) is 82.2 Å². The second-order valence-electron chi connectivity index (χ2n) is 6.60. The quantitative estimate of drug-likeness (QED) is 0.423. The average molecular weight is 420 g/mol. The van der Waals surface area contributed by atoms with Crippen molar-refractivity contribution >= 4 is 16.7 Å². The Kier molecular flexibility index (Phi) is 5.74. The van der Waals surface area contributed by atoms with E-state index in [-0.39, 0.29) is 28.7 Å². The number of benzene rings is 3. The lowest BCUT2D eigenvalue weighted by Gasteiger charge is -2.21. The molecule has 8 nitrogen and oxygen atoms in total. The molecule has 158 valence electrons. The van der Waals surface area contributed by atoms with Gasteiger partial charge in [0.1, 0.15) is 35.7 Å². The molecule has 1 aromatic heterocycles. The number of methoxy groups -OCH3 is 1. The molecule has 4 aromatic rings. The van der Waals surface area contributed by atoms with E-state index in [1.165, 1.54) is 18.4 Å². The van der Waals surface area contributed by atoms with Crippen LogP contribution >= 0.6 is 0 Å². The van der Waals surface area contributed by atoms with Crippen molar-refractivity contribution in [2.45, 2.75) is 6.61 Å². The highest BCUT2D eigenvalue weighted by Crippen LogP contribution is 2.26. The fourth-order valence-corrected chi connectivity index (χ4v) is 2.93. The highest BCUT2D eigenvalue weighted by molar-refractivity contribution is 5.79. The number of nitrogens with zero attached hydrogens (tertiary/aromatic N) is 1. The summed E-state index contributed by atoms with van der Waals surface area (Å²) in [5, 5.41) is 19.9. The van der Waals surface area contributed by atoms with Crippen LogP contribution in [0.4, 0.5) is 5.69 Å². The van der Waals surface area contributed by atoms with Gasteiger partial charge in [-0.25, -0.2) is 0 Å². The van der Waals surface area contributed by atoms with E-state index in [1.54, 1.807) is 61.7 Å². The van der Waals surface area contributed by atoms with Gasteiger partial charge in [-0.2, -0.15) is 0 Å². The largest absolute Gasteiger partial charge is 0.733 e. The van der Waals surface area contributed by atoms with Crippen molar-refractivity contribution in [3.8, 4) is 23.0 Å². The minimum atomic E-state index is -0.308. The number of anilines is 1. The molecule has 31 heavy (non-hydrogen) atoms.